The van der Waals surface area contributed by atoms with E-state index in [0.29, 0.717) is 13.0 Å². The predicted octanol–water partition coefficient (Wildman–Crippen LogP) is 1.41. The quantitative estimate of drug-likeness (QED) is 0.427. The molecule has 1 aliphatic heterocycles. The summed E-state index contributed by atoms with van der Waals surface area (Å²) in [6, 6.07) is 7.97. The number of piperidine rings is 1. The lowest BCUT2D eigenvalue weighted by atomic mass is 10.1. The van der Waals surface area contributed by atoms with Crippen LogP contribution in [-0.2, 0) is 14.8 Å². The van der Waals surface area contributed by atoms with Gasteiger partial charge in [-0.25, -0.2) is 8.42 Å². The smallest absolute Gasteiger partial charge is 0.271 e. The lowest BCUT2D eigenvalue weighted by Gasteiger charge is -2.22. The maximum Gasteiger partial charge on any atom is 0.271 e. The van der Waals surface area contributed by atoms with Gasteiger partial charge in [-0.15, -0.1) is 0 Å². The SMILES string of the molecule is COc1ccc([N+](=O)[O-])cc1NS(=O)(=O)c1ccc(C(=O)NC2CCCNC2=O)cc1. The Hall–Kier alpha value is -3.67. The van der Waals surface area contributed by atoms with E-state index in [2.05, 4.69) is 15.4 Å². The van der Waals surface area contributed by atoms with E-state index in [0.717, 1.165) is 12.5 Å². The highest BCUT2D eigenvalue weighted by Gasteiger charge is 2.24. The van der Waals surface area contributed by atoms with Crippen molar-refractivity contribution in [2.75, 3.05) is 18.4 Å². The molecule has 0 bridgehead atoms. The van der Waals surface area contributed by atoms with Crippen LogP contribution in [0.3, 0.4) is 0 Å². The zero-order valence-corrected chi connectivity index (χ0v) is 17.3. The molecular weight excluding hydrogens is 428 g/mol. The van der Waals surface area contributed by atoms with E-state index < -0.39 is 26.9 Å². The molecule has 164 valence electrons. The Bertz CT molecular complexity index is 1120. The van der Waals surface area contributed by atoms with Gasteiger partial charge >= 0.3 is 0 Å². The van der Waals surface area contributed by atoms with E-state index in [9.17, 15) is 28.1 Å². The lowest BCUT2D eigenvalue weighted by molar-refractivity contribution is -0.384. The third-order valence-electron chi connectivity index (χ3n) is 4.66. The highest BCUT2D eigenvalue weighted by molar-refractivity contribution is 7.92. The number of nitrogens with zero attached hydrogens (tertiary/aromatic N) is 1. The van der Waals surface area contributed by atoms with E-state index in [1.807, 2.05) is 0 Å². The first-order chi connectivity index (χ1) is 14.7. The predicted molar refractivity (Wildman–Crippen MR) is 110 cm³/mol. The van der Waals surface area contributed by atoms with Gasteiger partial charge in [0.05, 0.1) is 22.6 Å². The Kier molecular flexibility index (Phi) is 6.39. The molecular formula is C19H20N4O7S. The van der Waals surface area contributed by atoms with Gasteiger partial charge in [-0.1, -0.05) is 0 Å². The van der Waals surface area contributed by atoms with Crippen LogP contribution in [0.15, 0.2) is 47.4 Å². The molecule has 31 heavy (non-hydrogen) atoms. The van der Waals surface area contributed by atoms with E-state index in [-0.39, 0.29) is 33.5 Å². The molecule has 1 fully saturated rings. The number of anilines is 1. The highest BCUT2D eigenvalue weighted by Crippen LogP contribution is 2.30. The van der Waals surface area contributed by atoms with Crippen LogP contribution in [0, 0.1) is 10.1 Å². The molecule has 2 aromatic rings. The van der Waals surface area contributed by atoms with Crippen LogP contribution in [0.1, 0.15) is 23.2 Å². The zero-order valence-electron chi connectivity index (χ0n) is 16.5. The normalized spacial score (nSPS) is 16.2. The molecule has 12 heteroatoms. The monoisotopic (exact) mass is 448 g/mol. The number of carbonyl (C=O) groups is 2. The second-order valence-electron chi connectivity index (χ2n) is 6.73. The number of sulfonamides is 1. The summed E-state index contributed by atoms with van der Waals surface area (Å²) in [6.45, 7) is 0.570. The molecule has 1 saturated heterocycles. The van der Waals surface area contributed by atoms with Crippen molar-refractivity contribution in [2.45, 2.75) is 23.8 Å². The summed E-state index contributed by atoms with van der Waals surface area (Å²) in [5.41, 5.74) is -0.218. The number of carbonyl (C=O) groups excluding carboxylic acids is 2. The molecule has 0 saturated carbocycles. The molecule has 0 aromatic heterocycles. The molecule has 3 N–H and O–H groups in total. The number of nitro groups is 1. The third kappa shape index (κ3) is 5.09. The van der Waals surface area contributed by atoms with Crippen LogP contribution in [0.25, 0.3) is 0 Å². The summed E-state index contributed by atoms with van der Waals surface area (Å²) in [5, 5.41) is 16.3. The molecule has 0 radical (unpaired) electrons. The van der Waals surface area contributed by atoms with Crippen molar-refractivity contribution in [1.29, 1.82) is 0 Å². The maximum absolute atomic E-state index is 12.7. The fourth-order valence-electron chi connectivity index (χ4n) is 3.03. The first-order valence-electron chi connectivity index (χ1n) is 9.25. The summed E-state index contributed by atoms with van der Waals surface area (Å²) in [4.78, 5) is 34.3. The number of methoxy groups -OCH3 is 1. The number of ether oxygens (including phenoxy) is 1. The molecule has 1 atom stereocenters. The number of hydrogen-bond acceptors (Lipinski definition) is 7. The Morgan fingerprint density at radius 1 is 1.23 bits per heavy atom. The average Bonchev–Trinajstić information content (AvgIpc) is 2.75. The number of nitrogens with one attached hydrogen (secondary N) is 3. The molecule has 3 rings (SSSR count). The topological polar surface area (TPSA) is 157 Å². The van der Waals surface area contributed by atoms with Gasteiger partial charge in [-0.3, -0.25) is 24.4 Å². The number of non-ortho nitro benzene ring substituents is 1. The molecule has 2 aromatic carbocycles. The Morgan fingerprint density at radius 3 is 2.55 bits per heavy atom. The largest absolute Gasteiger partial charge is 0.495 e. The first-order valence-corrected chi connectivity index (χ1v) is 10.7. The zero-order chi connectivity index (χ0) is 22.6. The highest BCUT2D eigenvalue weighted by atomic mass is 32.2. The molecule has 0 spiro atoms. The maximum atomic E-state index is 12.7. The van der Waals surface area contributed by atoms with Crippen LogP contribution < -0.4 is 20.1 Å². The Balaban J connectivity index is 1.77. The minimum atomic E-state index is -4.12. The average molecular weight is 448 g/mol. The van der Waals surface area contributed by atoms with Gasteiger partial charge in [0.25, 0.3) is 21.6 Å². The fraction of sp³-hybridized carbons (Fsp3) is 0.263. The van der Waals surface area contributed by atoms with E-state index in [1.165, 1.54) is 43.5 Å². The molecule has 1 unspecified atom stereocenters. The lowest BCUT2D eigenvalue weighted by Crippen LogP contribution is -2.50. The van der Waals surface area contributed by atoms with Gasteiger partial charge in [0.2, 0.25) is 5.91 Å². The number of hydrogen-bond donors (Lipinski definition) is 3. The number of benzene rings is 2. The summed E-state index contributed by atoms with van der Waals surface area (Å²) in [7, 11) is -2.81. The molecule has 1 heterocycles. The van der Waals surface area contributed by atoms with Crippen molar-refractivity contribution in [3.05, 3.63) is 58.1 Å². The van der Waals surface area contributed by atoms with Gasteiger partial charge in [-0.05, 0) is 43.2 Å². The van der Waals surface area contributed by atoms with Crippen molar-refractivity contribution in [2.24, 2.45) is 0 Å². The minimum Gasteiger partial charge on any atom is -0.495 e. The summed E-state index contributed by atoms with van der Waals surface area (Å²) >= 11 is 0. The second-order valence-corrected chi connectivity index (χ2v) is 8.41. The summed E-state index contributed by atoms with van der Waals surface area (Å²) in [6.07, 6.45) is 1.28. The van der Waals surface area contributed by atoms with Gasteiger partial charge in [-0.2, -0.15) is 0 Å². The number of nitro benzene ring substituents is 1. The Labute approximate surface area is 178 Å². The van der Waals surface area contributed by atoms with E-state index >= 15 is 0 Å². The summed E-state index contributed by atoms with van der Waals surface area (Å²) < 4.78 is 32.7. The second kappa shape index (κ2) is 9.00. The molecule has 2 amide bonds. The number of rotatable bonds is 7. The fourth-order valence-corrected chi connectivity index (χ4v) is 4.09. The van der Waals surface area contributed by atoms with Gasteiger partial charge in [0.15, 0.2) is 0 Å². The van der Waals surface area contributed by atoms with Crippen molar-refractivity contribution < 1.29 is 27.7 Å². The van der Waals surface area contributed by atoms with Crippen LogP contribution in [-0.4, -0.2) is 44.9 Å². The third-order valence-corrected chi connectivity index (χ3v) is 6.04. The van der Waals surface area contributed by atoms with Crippen molar-refractivity contribution in [1.82, 2.24) is 10.6 Å². The standard InChI is InChI=1S/C19H20N4O7S/c1-30-17-9-6-13(23(26)27)11-16(17)22-31(28,29)14-7-4-12(5-8-14)18(24)21-15-3-2-10-20-19(15)25/h4-9,11,15,22H,2-3,10H2,1H3,(H,20,25)(H,21,24). The Morgan fingerprint density at radius 2 is 1.94 bits per heavy atom. The van der Waals surface area contributed by atoms with E-state index in [1.54, 1.807) is 0 Å². The molecule has 1 aliphatic rings. The van der Waals surface area contributed by atoms with Gasteiger partial charge in [0, 0.05) is 24.2 Å². The van der Waals surface area contributed by atoms with Gasteiger partial charge in [0.1, 0.15) is 11.8 Å². The molecule has 0 aliphatic carbocycles. The number of amides is 2. The van der Waals surface area contributed by atoms with E-state index in [4.69, 9.17) is 4.74 Å². The summed E-state index contributed by atoms with van der Waals surface area (Å²) in [5.74, 6) is -0.649. The molecule has 11 nitrogen and oxygen atoms in total. The van der Waals surface area contributed by atoms with Crippen molar-refractivity contribution in [3.8, 4) is 5.75 Å². The van der Waals surface area contributed by atoms with Crippen LogP contribution in [0.2, 0.25) is 0 Å². The van der Waals surface area contributed by atoms with Crippen LogP contribution in [0.5, 0.6) is 5.75 Å². The van der Waals surface area contributed by atoms with Crippen molar-refractivity contribution in [3.63, 3.8) is 0 Å². The van der Waals surface area contributed by atoms with Crippen LogP contribution in [0.4, 0.5) is 11.4 Å². The minimum absolute atomic E-state index is 0.0955. The van der Waals surface area contributed by atoms with Gasteiger partial charge < -0.3 is 15.4 Å². The van der Waals surface area contributed by atoms with Crippen LogP contribution >= 0.6 is 0 Å². The first kappa shape index (κ1) is 22.0. The van der Waals surface area contributed by atoms with Crippen molar-refractivity contribution >= 4 is 33.2 Å².